The molecule has 222 valence electrons. The van der Waals surface area contributed by atoms with Gasteiger partial charge in [0.1, 0.15) is 12.4 Å². The zero-order valence-corrected chi connectivity index (χ0v) is 26.6. The van der Waals surface area contributed by atoms with E-state index in [-0.39, 0.29) is 11.4 Å². The van der Waals surface area contributed by atoms with Gasteiger partial charge in [-0.3, -0.25) is 0 Å². The fourth-order valence-corrected chi connectivity index (χ4v) is 9.28. The van der Waals surface area contributed by atoms with Crippen LogP contribution in [-0.4, -0.2) is 25.5 Å². The van der Waals surface area contributed by atoms with E-state index in [1.165, 1.54) is 18.4 Å². The molecule has 4 nitrogen and oxygen atoms in total. The summed E-state index contributed by atoms with van der Waals surface area (Å²) >= 11 is 0. The summed E-state index contributed by atoms with van der Waals surface area (Å²) in [7, 11) is 2.78. The number of carbonyl (C=O) groups is 1. The third-order valence-electron chi connectivity index (χ3n) is 11.0. The Morgan fingerprint density at radius 2 is 1.60 bits per heavy atom. The minimum absolute atomic E-state index is 0.0104. The molecule has 0 saturated heterocycles. The Morgan fingerprint density at radius 1 is 0.905 bits per heavy atom. The second-order valence-corrected chi connectivity index (χ2v) is 13.2. The molecular formula is C37H45O4P. The molecule has 5 atom stereocenters. The SMILES string of the molecule is CC.CCC(C)c1ccc(C(=O)OC(OCCOc2c(P)cccc2-c2ccccc2)C23CC4CC5CC(C2)C543)cc1. The van der Waals surface area contributed by atoms with Gasteiger partial charge in [0.15, 0.2) is 0 Å². The highest BCUT2D eigenvalue weighted by molar-refractivity contribution is 7.27. The molecule has 3 aromatic carbocycles. The van der Waals surface area contributed by atoms with Gasteiger partial charge in [0, 0.05) is 16.3 Å². The lowest BCUT2D eigenvalue weighted by atomic mass is 9.13. The summed E-state index contributed by atoms with van der Waals surface area (Å²) in [5, 5.41) is 1.01. The predicted octanol–water partition coefficient (Wildman–Crippen LogP) is 8.41. The van der Waals surface area contributed by atoms with Crippen LogP contribution in [0.25, 0.3) is 11.1 Å². The molecule has 0 bridgehead atoms. The lowest BCUT2D eigenvalue weighted by molar-refractivity contribution is -0.473. The van der Waals surface area contributed by atoms with E-state index in [9.17, 15) is 4.79 Å². The summed E-state index contributed by atoms with van der Waals surface area (Å²) in [4.78, 5) is 13.4. The zero-order valence-electron chi connectivity index (χ0n) is 25.5. The monoisotopic (exact) mass is 584 g/mol. The lowest BCUT2D eigenvalue weighted by Crippen LogP contribution is -2.88. The van der Waals surface area contributed by atoms with E-state index in [0.29, 0.717) is 30.1 Å². The normalized spacial score (nSPS) is 28.9. The number of carbonyl (C=O) groups excluding carboxylic acids is 1. The third-order valence-corrected chi connectivity index (χ3v) is 11.4. The molecule has 3 aromatic rings. The van der Waals surface area contributed by atoms with Crippen molar-refractivity contribution >= 4 is 20.5 Å². The van der Waals surface area contributed by atoms with Gasteiger partial charge < -0.3 is 14.2 Å². The van der Waals surface area contributed by atoms with E-state index >= 15 is 0 Å². The molecule has 4 fully saturated rings. The molecule has 5 unspecified atom stereocenters. The van der Waals surface area contributed by atoms with Crippen LogP contribution in [0.5, 0.6) is 5.75 Å². The second kappa shape index (κ2) is 11.8. The van der Waals surface area contributed by atoms with Crippen LogP contribution in [0.15, 0.2) is 72.8 Å². The molecule has 1 spiro atoms. The maximum atomic E-state index is 13.4. The van der Waals surface area contributed by atoms with Crippen LogP contribution < -0.4 is 10.0 Å². The highest BCUT2D eigenvalue weighted by atomic mass is 31.0. The van der Waals surface area contributed by atoms with Crippen LogP contribution in [-0.2, 0) is 9.47 Å². The van der Waals surface area contributed by atoms with E-state index in [4.69, 9.17) is 14.2 Å². The molecule has 42 heavy (non-hydrogen) atoms. The molecule has 0 heterocycles. The van der Waals surface area contributed by atoms with Gasteiger partial charge in [0.25, 0.3) is 0 Å². The van der Waals surface area contributed by atoms with Crippen LogP contribution in [0.4, 0.5) is 0 Å². The van der Waals surface area contributed by atoms with Gasteiger partial charge in [-0.2, -0.15) is 0 Å². The summed E-state index contributed by atoms with van der Waals surface area (Å²) in [6.45, 7) is 9.16. The molecule has 0 aliphatic heterocycles. The van der Waals surface area contributed by atoms with E-state index in [2.05, 4.69) is 53.4 Å². The van der Waals surface area contributed by atoms with Crippen molar-refractivity contribution in [3.8, 4) is 16.9 Å². The minimum Gasteiger partial charge on any atom is -0.490 e. The number of hydrogen-bond acceptors (Lipinski definition) is 4. The second-order valence-electron chi connectivity index (χ2n) is 12.5. The average molecular weight is 585 g/mol. The molecule has 5 heteroatoms. The molecule has 0 radical (unpaired) electrons. The van der Waals surface area contributed by atoms with Crippen molar-refractivity contribution in [2.24, 2.45) is 28.6 Å². The number of hydrogen-bond donors (Lipinski definition) is 0. The molecule has 0 amide bonds. The van der Waals surface area contributed by atoms with Gasteiger partial charge in [0.2, 0.25) is 6.29 Å². The van der Waals surface area contributed by atoms with Gasteiger partial charge in [-0.25, -0.2) is 4.79 Å². The summed E-state index contributed by atoms with van der Waals surface area (Å²) in [5.74, 6) is 3.45. The first-order chi connectivity index (χ1) is 20.5. The Balaban J connectivity index is 0.00000155. The van der Waals surface area contributed by atoms with E-state index < -0.39 is 6.29 Å². The van der Waals surface area contributed by atoms with Crippen molar-refractivity contribution in [1.82, 2.24) is 0 Å². The topological polar surface area (TPSA) is 44.8 Å². The van der Waals surface area contributed by atoms with Crippen molar-refractivity contribution < 1.29 is 19.0 Å². The van der Waals surface area contributed by atoms with Crippen LogP contribution in [0.2, 0.25) is 0 Å². The summed E-state index contributed by atoms with van der Waals surface area (Å²) < 4.78 is 19.1. The summed E-state index contributed by atoms with van der Waals surface area (Å²) in [6.07, 6.45) is 5.51. The van der Waals surface area contributed by atoms with E-state index in [0.717, 1.165) is 59.2 Å². The summed E-state index contributed by atoms with van der Waals surface area (Å²) in [6, 6.07) is 24.4. The quantitative estimate of drug-likeness (QED) is 0.0983. The molecular weight excluding hydrogens is 539 g/mol. The van der Waals surface area contributed by atoms with Gasteiger partial charge in [-0.05, 0) is 84.5 Å². The fourth-order valence-electron chi connectivity index (χ4n) is 8.93. The maximum absolute atomic E-state index is 13.4. The molecule has 4 aliphatic rings. The van der Waals surface area contributed by atoms with Crippen molar-refractivity contribution in [2.75, 3.05) is 13.2 Å². The number of esters is 1. The molecule has 4 aliphatic carbocycles. The third kappa shape index (κ3) is 4.44. The predicted molar refractivity (Wildman–Crippen MR) is 172 cm³/mol. The van der Waals surface area contributed by atoms with Crippen molar-refractivity contribution in [2.45, 2.75) is 72.0 Å². The highest BCUT2D eigenvalue weighted by Gasteiger charge is 2.90. The number of benzene rings is 3. The number of para-hydroxylation sites is 1. The van der Waals surface area contributed by atoms with Crippen LogP contribution >= 0.6 is 9.24 Å². The number of rotatable bonds is 11. The average Bonchev–Trinajstić information content (AvgIpc) is 2.99. The Hall–Kier alpha value is -2.68. The molecule has 0 aromatic heterocycles. The Morgan fingerprint density at radius 3 is 2.21 bits per heavy atom. The number of ether oxygens (including phenoxy) is 3. The Labute approximate surface area is 253 Å². The first kappa shape index (κ1) is 29.4. The van der Waals surface area contributed by atoms with Crippen molar-refractivity contribution in [3.63, 3.8) is 0 Å². The van der Waals surface area contributed by atoms with E-state index in [1.807, 2.05) is 56.3 Å². The highest BCUT2D eigenvalue weighted by Crippen LogP contribution is 2.93. The maximum Gasteiger partial charge on any atom is 0.340 e. The standard InChI is InChI=1S/C35H39O4P.C2H6/c1-3-22(2)23-12-14-25(15-13-23)32(36)39-33(34-20-27-18-26-19-28(21-34)35(26,27)34)38-17-16-37-31-29(10-7-11-30(31)40)24-8-5-4-6-9-24;1-2/h4-15,22,26-28,33H,3,16-21,40H2,1-2H3;1-2H3. The van der Waals surface area contributed by atoms with Gasteiger partial charge in [-0.1, -0.05) is 88.4 Å². The molecule has 0 N–H and O–H groups in total. The van der Waals surface area contributed by atoms with Crippen LogP contribution in [0, 0.1) is 28.6 Å². The molecule has 7 rings (SSSR count). The lowest BCUT2D eigenvalue weighted by Gasteiger charge is -2.91. The Kier molecular flexibility index (Phi) is 8.24. The fraction of sp³-hybridized carbons (Fsp3) is 0.486. The van der Waals surface area contributed by atoms with Crippen LogP contribution in [0.1, 0.15) is 81.6 Å². The van der Waals surface area contributed by atoms with Crippen molar-refractivity contribution in [3.05, 3.63) is 83.9 Å². The van der Waals surface area contributed by atoms with Crippen LogP contribution in [0.3, 0.4) is 0 Å². The van der Waals surface area contributed by atoms with Gasteiger partial charge in [-0.15, -0.1) is 9.24 Å². The first-order valence-corrected chi connectivity index (χ1v) is 16.5. The molecule has 4 saturated carbocycles. The first-order valence-electron chi connectivity index (χ1n) is 16.0. The van der Waals surface area contributed by atoms with Gasteiger partial charge >= 0.3 is 5.97 Å². The van der Waals surface area contributed by atoms with E-state index in [1.54, 1.807) is 0 Å². The Bertz CT molecular complexity index is 1380. The van der Waals surface area contributed by atoms with Crippen molar-refractivity contribution in [1.29, 1.82) is 0 Å². The minimum atomic E-state index is -0.520. The smallest absolute Gasteiger partial charge is 0.340 e. The summed E-state index contributed by atoms with van der Waals surface area (Å²) in [5.41, 5.74) is 4.40. The largest absolute Gasteiger partial charge is 0.490 e. The van der Waals surface area contributed by atoms with Gasteiger partial charge in [0.05, 0.1) is 12.2 Å². The zero-order chi connectivity index (χ0) is 29.5.